The van der Waals surface area contributed by atoms with Crippen molar-refractivity contribution in [3.05, 3.63) is 11.6 Å². The predicted octanol–water partition coefficient (Wildman–Crippen LogP) is 0.475. The van der Waals surface area contributed by atoms with Crippen molar-refractivity contribution in [3.63, 3.8) is 0 Å². The molecule has 1 aromatic rings. The summed E-state index contributed by atoms with van der Waals surface area (Å²) < 4.78 is 2.33. The maximum atomic E-state index is 4.36. The second kappa shape index (κ2) is 2.79. The van der Waals surface area contributed by atoms with Gasteiger partial charge in [0, 0.05) is 24.9 Å². The first-order chi connectivity index (χ1) is 6.80. The summed E-state index contributed by atoms with van der Waals surface area (Å²) in [4.78, 5) is 0. The van der Waals surface area contributed by atoms with Gasteiger partial charge >= 0.3 is 0 Å². The topological polar surface area (TPSA) is 42.7 Å². The Balaban J connectivity index is 2.03. The number of aromatic nitrogens is 3. The molecule has 0 spiro atoms. The number of hydrogen-bond donors (Lipinski definition) is 1. The number of nitrogens with one attached hydrogen (secondary N) is 1. The van der Waals surface area contributed by atoms with Crippen LogP contribution in [0.4, 0.5) is 0 Å². The van der Waals surface area contributed by atoms with Crippen LogP contribution in [0.3, 0.4) is 0 Å². The Labute approximate surface area is 83.7 Å². The van der Waals surface area contributed by atoms with Gasteiger partial charge in [0.1, 0.15) is 11.6 Å². The van der Waals surface area contributed by atoms with Crippen LogP contribution >= 0.6 is 0 Å². The molecule has 4 nitrogen and oxygen atoms in total. The Hall–Kier alpha value is -0.900. The zero-order valence-electron chi connectivity index (χ0n) is 8.58. The highest BCUT2D eigenvalue weighted by molar-refractivity contribution is 5.14. The van der Waals surface area contributed by atoms with E-state index < -0.39 is 0 Å². The molecule has 1 saturated heterocycles. The second-order valence-electron chi connectivity index (χ2n) is 4.68. The van der Waals surface area contributed by atoms with E-state index in [9.17, 15) is 0 Å². The minimum absolute atomic E-state index is 0.218. The van der Waals surface area contributed by atoms with Gasteiger partial charge < -0.3 is 9.88 Å². The quantitative estimate of drug-likeness (QED) is 0.703. The van der Waals surface area contributed by atoms with Crippen LogP contribution < -0.4 is 5.32 Å². The third kappa shape index (κ3) is 1.03. The van der Waals surface area contributed by atoms with Gasteiger partial charge in [0.25, 0.3) is 0 Å². The van der Waals surface area contributed by atoms with Gasteiger partial charge in [-0.1, -0.05) is 6.92 Å². The summed E-state index contributed by atoms with van der Waals surface area (Å²) >= 11 is 0. The maximum absolute atomic E-state index is 4.36. The summed E-state index contributed by atoms with van der Waals surface area (Å²) in [5.41, 5.74) is 0.218. The monoisotopic (exact) mass is 192 g/mol. The van der Waals surface area contributed by atoms with E-state index in [-0.39, 0.29) is 5.41 Å². The van der Waals surface area contributed by atoms with Gasteiger partial charge in [-0.3, -0.25) is 0 Å². The number of nitrogens with zero attached hydrogens (tertiary/aromatic N) is 3. The Morgan fingerprint density at radius 3 is 3.14 bits per heavy atom. The zero-order valence-corrected chi connectivity index (χ0v) is 8.58. The molecule has 0 aliphatic carbocycles. The van der Waals surface area contributed by atoms with E-state index in [1.807, 2.05) is 0 Å². The highest BCUT2D eigenvalue weighted by Gasteiger charge is 2.36. The summed E-state index contributed by atoms with van der Waals surface area (Å²) in [6.45, 7) is 5.57. The number of fused-ring (bicyclic) bond motifs is 1. The molecule has 3 heterocycles. The van der Waals surface area contributed by atoms with Crippen LogP contribution in [-0.2, 0) is 18.4 Å². The Bertz CT molecular complexity index is 349. The maximum Gasteiger partial charge on any atom is 0.140 e. The molecule has 0 saturated carbocycles. The lowest BCUT2D eigenvalue weighted by atomic mass is 9.89. The minimum Gasteiger partial charge on any atom is -0.316 e. The van der Waals surface area contributed by atoms with E-state index in [0.29, 0.717) is 0 Å². The van der Waals surface area contributed by atoms with Crippen LogP contribution in [0.2, 0.25) is 0 Å². The first kappa shape index (κ1) is 8.41. The molecule has 1 aromatic heterocycles. The largest absolute Gasteiger partial charge is 0.316 e. The van der Waals surface area contributed by atoms with Gasteiger partial charge in [-0.15, -0.1) is 10.2 Å². The van der Waals surface area contributed by atoms with Crippen LogP contribution in [0.5, 0.6) is 0 Å². The molecule has 76 valence electrons. The molecule has 2 aliphatic heterocycles. The van der Waals surface area contributed by atoms with Crippen molar-refractivity contribution in [3.8, 4) is 0 Å². The van der Waals surface area contributed by atoms with Crippen molar-refractivity contribution in [2.45, 2.75) is 38.1 Å². The number of hydrogen-bond acceptors (Lipinski definition) is 3. The number of rotatable bonds is 1. The van der Waals surface area contributed by atoms with Gasteiger partial charge in [0.05, 0.1) is 0 Å². The van der Waals surface area contributed by atoms with Crippen molar-refractivity contribution >= 4 is 0 Å². The van der Waals surface area contributed by atoms with Gasteiger partial charge in [-0.25, -0.2) is 0 Å². The molecule has 4 heteroatoms. The predicted molar refractivity (Wildman–Crippen MR) is 53.2 cm³/mol. The molecule has 0 radical (unpaired) electrons. The van der Waals surface area contributed by atoms with Crippen LogP contribution in [0.1, 0.15) is 31.4 Å². The lowest BCUT2D eigenvalue weighted by molar-refractivity contribution is 0.459. The molecule has 1 fully saturated rings. The van der Waals surface area contributed by atoms with E-state index in [4.69, 9.17) is 0 Å². The molecule has 1 N–H and O–H groups in total. The second-order valence-corrected chi connectivity index (χ2v) is 4.68. The van der Waals surface area contributed by atoms with Crippen molar-refractivity contribution in [1.29, 1.82) is 0 Å². The van der Waals surface area contributed by atoms with Gasteiger partial charge in [-0.05, 0) is 19.4 Å². The first-order valence-corrected chi connectivity index (χ1v) is 5.43. The molecule has 1 unspecified atom stereocenters. The molecular formula is C10H16N4. The van der Waals surface area contributed by atoms with Gasteiger partial charge in [-0.2, -0.15) is 0 Å². The highest BCUT2D eigenvalue weighted by atomic mass is 15.3. The summed E-state index contributed by atoms with van der Waals surface area (Å²) in [5, 5.41) is 12.0. The van der Waals surface area contributed by atoms with E-state index >= 15 is 0 Å². The highest BCUT2D eigenvalue weighted by Crippen LogP contribution is 2.30. The van der Waals surface area contributed by atoms with Gasteiger partial charge in [0.2, 0.25) is 0 Å². The summed E-state index contributed by atoms with van der Waals surface area (Å²) in [5.74, 6) is 2.39. The molecule has 2 aliphatic rings. The van der Waals surface area contributed by atoms with E-state index in [1.165, 1.54) is 24.5 Å². The zero-order chi connectivity index (χ0) is 9.60. The third-order valence-corrected chi connectivity index (χ3v) is 3.52. The Morgan fingerprint density at radius 1 is 1.43 bits per heavy atom. The molecule has 0 bridgehead atoms. The van der Waals surface area contributed by atoms with Crippen molar-refractivity contribution in [2.24, 2.45) is 0 Å². The lowest BCUT2D eigenvalue weighted by Crippen LogP contribution is -2.29. The first-order valence-electron chi connectivity index (χ1n) is 5.43. The Morgan fingerprint density at radius 2 is 2.36 bits per heavy atom. The SMILES string of the molecule is CC1(c2nnc3n2CCC3)CCNC1. The van der Waals surface area contributed by atoms with E-state index in [2.05, 4.69) is 27.0 Å². The summed E-state index contributed by atoms with van der Waals surface area (Å²) in [6, 6.07) is 0. The van der Waals surface area contributed by atoms with Crippen LogP contribution in [-0.4, -0.2) is 27.9 Å². The van der Waals surface area contributed by atoms with Crippen molar-refractivity contribution in [1.82, 2.24) is 20.1 Å². The minimum atomic E-state index is 0.218. The average molecular weight is 192 g/mol. The smallest absolute Gasteiger partial charge is 0.140 e. The summed E-state index contributed by atoms with van der Waals surface area (Å²) in [6.07, 6.45) is 3.53. The fraction of sp³-hybridized carbons (Fsp3) is 0.800. The fourth-order valence-corrected chi connectivity index (χ4v) is 2.60. The molecule has 1 atom stereocenters. The average Bonchev–Trinajstić information content (AvgIpc) is 2.76. The summed E-state index contributed by atoms with van der Waals surface area (Å²) in [7, 11) is 0. The van der Waals surface area contributed by atoms with E-state index in [1.54, 1.807) is 0 Å². The number of aryl methyl sites for hydroxylation is 1. The van der Waals surface area contributed by atoms with Gasteiger partial charge in [0.15, 0.2) is 0 Å². The van der Waals surface area contributed by atoms with Crippen LogP contribution in [0.15, 0.2) is 0 Å². The van der Waals surface area contributed by atoms with Crippen LogP contribution in [0, 0.1) is 0 Å². The normalized spacial score (nSPS) is 30.9. The van der Waals surface area contributed by atoms with E-state index in [0.717, 1.165) is 26.1 Å². The van der Waals surface area contributed by atoms with Crippen molar-refractivity contribution < 1.29 is 0 Å². The third-order valence-electron chi connectivity index (χ3n) is 3.52. The standard InChI is InChI=1S/C10H16N4/c1-10(4-5-11-7-10)9-13-12-8-3-2-6-14(8)9/h11H,2-7H2,1H3. The van der Waals surface area contributed by atoms with Crippen LogP contribution in [0.25, 0.3) is 0 Å². The molecular weight excluding hydrogens is 176 g/mol. The molecule has 0 aromatic carbocycles. The molecule has 3 rings (SSSR count). The molecule has 0 amide bonds. The Kier molecular flexibility index (Phi) is 1.68. The lowest BCUT2D eigenvalue weighted by Gasteiger charge is -2.21. The fourth-order valence-electron chi connectivity index (χ4n) is 2.60. The molecule has 14 heavy (non-hydrogen) atoms. The van der Waals surface area contributed by atoms with Crippen molar-refractivity contribution in [2.75, 3.05) is 13.1 Å².